The summed E-state index contributed by atoms with van der Waals surface area (Å²) in [5, 5.41) is 0. The molecule has 0 radical (unpaired) electrons. The Morgan fingerprint density at radius 1 is 1.73 bits per heavy atom. The first-order valence-electron chi connectivity index (χ1n) is 3.36. The van der Waals surface area contributed by atoms with Crippen LogP contribution < -0.4 is 0 Å². The fourth-order valence-electron chi connectivity index (χ4n) is 0.758. The number of carbonyl (C=O) groups is 1. The van der Waals surface area contributed by atoms with Crippen molar-refractivity contribution in [1.29, 1.82) is 0 Å². The predicted molar refractivity (Wildman–Crippen MR) is 38.9 cm³/mol. The van der Waals surface area contributed by atoms with E-state index in [0.29, 0.717) is 6.61 Å². The van der Waals surface area contributed by atoms with E-state index in [1.54, 1.807) is 6.26 Å². The van der Waals surface area contributed by atoms with Crippen molar-refractivity contribution >= 4 is 5.97 Å². The van der Waals surface area contributed by atoms with Gasteiger partial charge in [0.15, 0.2) is 0 Å². The molecule has 0 aromatic carbocycles. The van der Waals surface area contributed by atoms with Gasteiger partial charge in [0.1, 0.15) is 12.4 Å². The third-order valence-electron chi connectivity index (χ3n) is 1.23. The first-order chi connectivity index (χ1) is 5.18. The third kappa shape index (κ3) is 2.45. The van der Waals surface area contributed by atoms with E-state index < -0.39 is 0 Å². The van der Waals surface area contributed by atoms with Crippen LogP contribution in [-0.2, 0) is 16.1 Å². The summed E-state index contributed by atoms with van der Waals surface area (Å²) in [6.07, 6.45) is 1.58. The highest BCUT2D eigenvalue weighted by Crippen LogP contribution is 2.06. The molecule has 0 fully saturated rings. The maximum atomic E-state index is 10.4. The first-order valence-corrected chi connectivity index (χ1v) is 3.36. The fraction of sp³-hybridized carbons (Fsp3) is 0.375. The summed E-state index contributed by atoms with van der Waals surface area (Å²) < 4.78 is 9.75. The minimum Gasteiger partial charge on any atom is -0.469 e. The van der Waals surface area contributed by atoms with Crippen molar-refractivity contribution < 1.29 is 13.9 Å². The van der Waals surface area contributed by atoms with Gasteiger partial charge in [0, 0.05) is 12.5 Å². The van der Waals surface area contributed by atoms with Crippen LogP contribution in [0.4, 0.5) is 0 Å². The molecule has 0 spiro atoms. The number of esters is 1. The molecular formula is C8H10O3. The van der Waals surface area contributed by atoms with Gasteiger partial charge in [-0.25, -0.2) is 0 Å². The number of hydrogen-bond acceptors (Lipinski definition) is 3. The van der Waals surface area contributed by atoms with Crippen LogP contribution in [0.25, 0.3) is 0 Å². The Balaban J connectivity index is 2.45. The number of carbonyl (C=O) groups excluding carboxylic acids is 1. The second-order valence-electron chi connectivity index (χ2n) is 2.35. The summed E-state index contributed by atoms with van der Waals surface area (Å²) in [4.78, 5) is 10.4. The molecule has 0 aliphatic heterocycles. The van der Waals surface area contributed by atoms with Gasteiger partial charge < -0.3 is 9.15 Å². The van der Waals surface area contributed by atoms with Gasteiger partial charge in [-0.3, -0.25) is 4.79 Å². The van der Waals surface area contributed by atoms with Gasteiger partial charge in [-0.15, -0.1) is 0 Å². The van der Waals surface area contributed by atoms with Crippen LogP contribution in [0.1, 0.15) is 18.2 Å². The van der Waals surface area contributed by atoms with Crippen LogP contribution in [0.2, 0.25) is 0 Å². The molecule has 0 saturated heterocycles. The summed E-state index contributed by atoms with van der Waals surface area (Å²) in [7, 11) is 0. The zero-order chi connectivity index (χ0) is 8.27. The van der Waals surface area contributed by atoms with E-state index in [1.807, 2.05) is 13.0 Å². The highest BCUT2D eigenvalue weighted by molar-refractivity contribution is 5.65. The molecule has 0 amide bonds. The summed E-state index contributed by atoms with van der Waals surface area (Å²) in [5.41, 5.74) is 0.887. The second-order valence-corrected chi connectivity index (χ2v) is 2.35. The second kappa shape index (κ2) is 3.23. The average molecular weight is 154 g/mol. The van der Waals surface area contributed by atoms with Gasteiger partial charge in [0.05, 0.1) is 6.26 Å². The molecule has 0 saturated carbocycles. The van der Waals surface area contributed by atoms with Crippen molar-refractivity contribution in [2.45, 2.75) is 20.5 Å². The van der Waals surface area contributed by atoms with Gasteiger partial charge >= 0.3 is 5.97 Å². The van der Waals surface area contributed by atoms with Crippen molar-refractivity contribution in [1.82, 2.24) is 0 Å². The van der Waals surface area contributed by atoms with E-state index in [1.165, 1.54) is 6.92 Å². The lowest BCUT2D eigenvalue weighted by atomic mass is 10.3. The Morgan fingerprint density at radius 3 is 2.91 bits per heavy atom. The molecule has 0 atom stereocenters. The zero-order valence-corrected chi connectivity index (χ0v) is 6.59. The largest absolute Gasteiger partial charge is 0.469 e. The smallest absolute Gasteiger partial charge is 0.302 e. The van der Waals surface area contributed by atoms with Crippen molar-refractivity contribution in [3.8, 4) is 0 Å². The summed E-state index contributed by atoms with van der Waals surface area (Å²) in [5.74, 6) is 0.552. The van der Waals surface area contributed by atoms with Crippen LogP contribution in [-0.4, -0.2) is 5.97 Å². The third-order valence-corrected chi connectivity index (χ3v) is 1.23. The van der Waals surface area contributed by atoms with Crippen LogP contribution in [0.15, 0.2) is 16.7 Å². The maximum Gasteiger partial charge on any atom is 0.302 e. The van der Waals surface area contributed by atoms with Crippen molar-refractivity contribution in [3.63, 3.8) is 0 Å². The minimum atomic E-state index is -0.274. The van der Waals surface area contributed by atoms with Gasteiger partial charge in [-0.2, -0.15) is 0 Å². The number of ether oxygens (including phenoxy) is 1. The van der Waals surface area contributed by atoms with Gasteiger partial charge in [-0.05, 0) is 13.0 Å². The molecule has 0 bridgehead atoms. The number of furan rings is 1. The van der Waals surface area contributed by atoms with Crippen LogP contribution in [0.3, 0.4) is 0 Å². The van der Waals surface area contributed by atoms with Crippen molar-refractivity contribution in [3.05, 3.63) is 23.7 Å². The highest BCUT2D eigenvalue weighted by atomic mass is 16.5. The van der Waals surface area contributed by atoms with Crippen LogP contribution in [0, 0.1) is 6.92 Å². The van der Waals surface area contributed by atoms with Crippen LogP contribution >= 0.6 is 0 Å². The predicted octanol–water partition coefficient (Wildman–Crippen LogP) is 1.65. The van der Waals surface area contributed by atoms with E-state index in [-0.39, 0.29) is 5.97 Å². The summed E-state index contributed by atoms with van der Waals surface area (Å²) in [6.45, 7) is 3.52. The summed E-state index contributed by atoms with van der Waals surface area (Å²) >= 11 is 0. The molecule has 3 nitrogen and oxygen atoms in total. The average Bonchev–Trinajstić information content (AvgIpc) is 2.31. The lowest BCUT2D eigenvalue weighted by Crippen LogP contribution is -1.97. The quantitative estimate of drug-likeness (QED) is 0.608. The number of rotatable bonds is 2. The standard InChI is InChI=1S/C8H10O3/c1-6-3-8(4-10-6)5-11-7(2)9/h3-4H,5H2,1-2H3. The number of hydrogen-bond donors (Lipinski definition) is 0. The molecule has 1 rings (SSSR count). The maximum absolute atomic E-state index is 10.4. The normalized spacial score (nSPS) is 9.64. The van der Waals surface area contributed by atoms with Crippen molar-refractivity contribution in [2.24, 2.45) is 0 Å². The Hall–Kier alpha value is -1.25. The molecule has 1 aromatic rings. The molecule has 0 aliphatic carbocycles. The molecule has 11 heavy (non-hydrogen) atoms. The monoisotopic (exact) mass is 154 g/mol. The van der Waals surface area contributed by atoms with Crippen molar-refractivity contribution in [2.75, 3.05) is 0 Å². The van der Waals surface area contributed by atoms with E-state index >= 15 is 0 Å². The topological polar surface area (TPSA) is 39.4 Å². The molecule has 1 heterocycles. The van der Waals surface area contributed by atoms with Crippen LogP contribution in [0.5, 0.6) is 0 Å². The van der Waals surface area contributed by atoms with Gasteiger partial charge in [0.25, 0.3) is 0 Å². The van der Waals surface area contributed by atoms with Gasteiger partial charge in [0.2, 0.25) is 0 Å². The van der Waals surface area contributed by atoms with E-state index in [4.69, 9.17) is 9.15 Å². The van der Waals surface area contributed by atoms with E-state index in [9.17, 15) is 4.79 Å². The molecular weight excluding hydrogens is 144 g/mol. The Kier molecular flexibility index (Phi) is 2.31. The Labute approximate surface area is 65.0 Å². The van der Waals surface area contributed by atoms with E-state index in [0.717, 1.165) is 11.3 Å². The molecule has 0 unspecified atom stereocenters. The molecule has 0 N–H and O–H groups in total. The molecule has 1 aromatic heterocycles. The lowest BCUT2D eigenvalue weighted by Gasteiger charge is -1.95. The van der Waals surface area contributed by atoms with Gasteiger partial charge in [-0.1, -0.05) is 0 Å². The first kappa shape index (κ1) is 7.85. The molecule has 3 heteroatoms. The minimum absolute atomic E-state index is 0.274. The SMILES string of the molecule is CC(=O)OCc1coc(C)c1. The zero-order valence-electron chi connectivity index (χ0n) is 6.59. The van der Waals surface area contributed by atoms with E-state index in [2.05, 4.69) is 0 Å². The lowest BCUT2D eigenvalue weighted by molar-refractivity contribution is -0.142. The fourth-order valence-corrected chi connectivity index (χ4v) is 0.758. The molecule has 60 valence electrons. The summed E-state index contributed by atoms with van der Waals surface area (Å²) in [6, 6.07) is 1.84. The Morgan fingerprint density at radius 2 is 2.45 bits per heavy atom. The molecule has 0 aliphatic rings. The highest BCUT2D eigenvalue weighted by Gasteiger charge is 1.98. The Bertz CT molecular complexity index is 250. The number of aryl methyl sites for hydroxylation is 1.